The standard InChI is InChI=1S/C10H17N3/c1-10(4-5-10)12-6-3-9-11-7-8-13(9)2/h7-8,12H,3-6H2,1-2H3. The van der Waals surface area contributed by atoms with E-state index in [4.69, 9.17) is 0 Å². The van der Waals surface area contributed by atoms with E-state index < -0.39 is 0 Å². The van der Waals surface area contributed by atoms with E-state index in [-0.39, 0.29) is 0 Å². The maximum Gasteiger partial charge on any atom is 0.109 e. The van der Waals surface area contributed by atoms with E-state index in [0.29, 0.717) is 5.54 Å². The molecule has 0 spiro atoms. The van der Waals surface area contributed by atoms with Crippen LogP contribution in [-0.2, 0) is 13.5 Å². The molecule has 1 aliphatic rings. The molecule has 0 unspecified atom stereocenters. The van der Waals surface area contributed by atoms with Crippen molar-refractivity contribution in [1.82, 2.24) is 14.9 Å². The lowest BCUT2D eigenvalue weighted by Crippen LogP contribution is -2.30. The summed E-state index contributed by atoms with van der Waals surface area (Å²) in [5.74, 6) is 1.16. The topological polar surface area (TPSA) is 29.9 Å². The van der Waals surface area contributed by atoms with Crippen LogP contribution in [0.15, 0.2) is 12.4 Å². The monoisotopic (exact) mass is 179 g/mol. The second-order valence-electron chi connectivity index (χ2n) is 4.19. The summed E-state index contributed by atoms with van der Waals surface area (Å²) >= 11 is 0. The van der Waals surface area contributed by atoms with Gasteiger partial charge in [-0.25, -0.2) is 4.98 Å². The molecule has 13 heavy (non-hydrogen) atoms. The summed E-state index contributed by atoms with van der Waals surface area (Å²) in [6.07, 6.45) is 7.53. The fourth-order valence-corrected chi connectivity index (χ4v) is 1.48. The van der Waals surface area contributed by atoms with Gasteiger partial charge in [0.25, 0.3) is 0 Å². The van der Waals surface area contributed by atoms with Gasteiger partial charge >= 0.3 is 0 Å². The quantitative estimate of drug-likeness (QED) is 0.750. The maximum atomic E-state index is 4.28. The normalized spacial score (nSPS) is 18.9. The fraction of sp³-hybridized carbons (Fsp3) is 0.700. The van der Waals surface area contributed by atoms with Crippen molar-refractivity contribution in [1.29, 1.82) is 0 Å². The van der Waals surface area contributed by atoms with Gasteiger partial charge in [0, 0.05) is 37.9 Å². The number of imidazole rings is 1. The summed E-state index contributed by atoms with van der Waals surface area (Å²) in [7, 11) is 2.04. The Bertz CT molecular complexity index is 286. The average molecular weight is 179 g/mol. The van der Waals surface area contributed by atoms with E-state index in [9.17, 15) is 0 Å². The summed E-state index contributed by atoms with van der Waals surface area (Å²) in [5.41, 5.74) is 0.450. The lowest BCUT2D eigenvalue weighted by molar-refractivity contribution is 0.532. The van der Waals surface area contributed by atoms with Gasteiger partial charge in [0.05, 0.1) is 0 Å². The van der Waals surface area contributed by atoms with Gasteiger partial charge in [-0.1, -0.05) is 0 Å². The molecule has 1 N–H and O–H groups in total. The lowest BCUT2D eigenvalue weighted by Gasteiger charge is -2.10. The van der Waals surface area contributed by atoms with Crippen molar-refractivity contribution in [3.05, 3.63) is 18.2 Å². The Hall–Kier alpha value is -0.830. The van der Waals surface area contributed by atoms with Crippen molar-refractivity contribution in [2.24, 2.45) is 7.05 Å². The van der Waals surface area contributed by atoms with Crippen LogP contribution in [0.3, 0.4) is 0 Å². The van der Waals surface area contributed by atoms with E-state index in [1.54, 1.807) is 0 Å². The summed E-state index contributed by atoms with van der Waals surface area (Å²) in [6, 6.07) is 0. The third-order valence-corrected chi connectivity index (χ3v) is 2.82. The van der Waals surface area contributed by atoms with Gasteiger partial charge in [0.2, 0.25) is 0 Å². The van der Waals surface area contributed by atoms with Gasteiger partial charge < -0.3 is 9.88 Å². The van der Waals surface area contributed by atoms with Gasteiger partial charge in [-0.3, -0.25) is 0 Å². The van der Waals surface area contributed by atoms with Crippen LogP contribution in [0.5, 0.6) is 0 Å². The maximum absolute atomic E-state index is 4.28. The first-order valence-electron chi connectivity index (χ1n) is 4.91. The molecular formula is C10H17N3. The fourth-order valence-electron chi connectivity index (χ4n) is 1.48. The number of nitrogens with zero attached hydrogens (tertiary/aromatic N) is 2. The molecule has 0 amide bonds. The number of aromatic nitrogens is 2. The Morgan fingerprint density at radius 3 is 2.92 bits per heavy atom. The average Bonchev–Trinajstić information content (AvgIpc) is 2.68. The predicted octanol–water partition coefficient (Wildman–Crippen LogP) is 1.10. The van der Waals surface area contributed by atoms with E-state index in [2.05, 4.69) is 21.8 Å². The lowest BCUT2D eigenvalue weighted by atomic mass is 10.3. The predicted molar refractivity (Wildman–Crippen MR) is 52.6 cm³/mol. The molecule has 72 valence electrons. The highest BCUT2D eigenvalue weighted by Crippen LogP contribution is 2.33. The van der Waals surface area contributed by atoms with Crippen molar-refractivity contribution in [3.8, 4) is 0 Å². The molecule has 0 atom stereocenters. The van der Waals surface area contributed by atoms with Crippen LogP contribution in [-0.4, -0.2) is 21.6 Å². The van der Waals surface area contributed by atoms with Crippen molar-refractivity contribution in [3.63, 3.8) is 0 Å². The van der Waals surface area contributed by atoms with Crippen LogP contribution in [0, 0.1) is 0 Å². The number of hydrogen-bond acceptors (Lipinski definition) is 2. The van der Waals surface area contributed by atoms with Crippen LogP contribution < -0.4 is 5.32 Å². The molecule has 1 heterocycles. The van der Waals surface area contributed by atoms with Crippen molar-refractivity contribution in [2.45, 2.75) is 31.7 Å². The number of rotatable bonds is 4. The van der Waals surface area contributed by atoms with E-state index in [1.807, 2.05) is 19.4 Å². The SMILES string of the molecule is Cn1ccnc1CCNC1(C)CC1. The summed E-state index contributed by atoms with van der Waals surface area (Å²) in [4.78, 5) is 4.28. The van der Waals surface area contributed by atoms with Gasteiger partial charge in [0.15, 0.2) is 0 Å². The first kappa shape index (κ1) is 8.75. The zero-order chi connectivity index (χ0) is 9.31. The molecular weight excluding hydrogens is 162 g/mol. The van der Waals surface area contributed by atoms with Crippen LogP contribution in [0.25, 0.3) is 0 Å². The number of nitrogens with one attached hydrogen (secondary N) is 1. The molecule has 3 nitrogen and oxygen atoms in total. The van der Waals surface area contributed by atoms with Crippen LogP contribution in [0.2, 0.25) is 0 Å². The molecule has 0 aromatic carbocycles. The van der Waals surface area contributed by atoms with E-state index in [1.165, 1.54) is 12.8 Å². The largest absolute Gasteiger partial charge is 0.338 e. The van der Waals surface area contributed by atoms with Crippen molar-refractivity contribution >= 4 is 0 Å². The molecule has 1 aromatic rings. The molecule has 0 radical (unpaired) electrons. The second-order valence-corrected chi connectivity index (χ2v) is 4.19. The third-order valence-electron chi connectivity index (χ3n) is 2.82. The minimum absolute atomic E-state index is 0.450. The highest BCUT2D eigenvalue weighted by Gasteiger charge is 2.36. The van der Waals surface area contributed by atoms with Crippen molar-refractivity contribution < 1.29 is 0 Å². The first-order valence-corrected chi connectivity index (χ1v) is 4.91. The van der Waals surface area contributed by atoms with Crippen LogP contribution in [0.4, 0.5) is 0 Å². The Balaban J connectivity index is 1.77. The molecule has 1 aliphatic carbocycles. The molecule has 3 heteroatoms. The molecule has 2 rings (SSSR count). The Morgan fingerprint density at radius 1 is 1.62 bits per heavy atom. The first-order chi connectivity index (χ1) is 6.20. The summed E-state index contributed by atoms with van der Waals surface area (Å²) < 4.78 is 2.08. The molecule has 1 saturated carbocycles. The molecule has 1 aromatic heterocycles. The minimum atomic E-state index is 0.450. The highest BCUT2D eigenvalue weighted by molar-refractivity contribution is 4.99. The third kappa shape index (κ3) is 2.10. The van der Waals surface area contributed by atoms with E-state index in [0.717, 1.165) is 18.8 Å². The van der Waals surface area contributed by atoms with Gasteiger partial charge in [0.1, 0.15) is 5.82 Å². The second kappa shape index (κ2) is 3.14. The summed E-state index contributed by atoms with van der Waals surface area (Å²) in [6.45, 7) is 3.33. The van der Waals surface area contributed by atoms with Crippen molar-refractivity contribution in [2.75, 3.05) is 6.54 Å². The Labute approximate surface area is 79.2 Å². The molecule has 0 saturated heterocycles. The van der Waals surface area contributed by atoms with Crippen LogP contribution >= 0.6 is 0 Å². The zero-order valence-electron chi connectivity index (χ0n) is 8.38. The number of aryl methyl sites for hydroxylation is 1. The molecule has 0 bridgehead atoms. The minimum Gasteiger partial charge on any atom is -0.338 e. The van der Waals surface area contributed by atoms with Gasteiger partial charge in [-0.05, 0) is 19.8 Å². The Morgan fingerprint density at radius 2 is 2.38 bits per heavy atom. The Kier molecular flexibility index (Phi) is 2.12. The number of hydrogen-bond donors (Lipinski definition) is 1. The van der Waals surface area contributed by atoms with Gasteiger partial charge in [-0.2, -0.15) is 0 Å². The molecule has 0 aliphatic heterocycles. The van der Waals surface area contributed by atoms with Gasteiger partial charge in [-0.15, -0.1) is 0 Å². The van der Waals surface area contributed by atoms with Crippen LogP contribution in [0.1, 0.15) is 25.6 Å². The zero-order valence-corrected chi connectivity index (χ0v) is 8.38. The highest BCUT2D eigenvalue weighted by atomic mass is 15.1. The smallest absolute Gasteiger partial charge is 0.109 e. The summed E-state index contributed by atoms with van der Waals surface area (Å²) in [5, 5.41) is 3.55. The van der Waals surface area contributed by atoms with E-state index >= 15 is 0 Å². The molecule has 1 fully saturated rings.